The van der Waals surface area contributed by atoms with Gasteiger partial charge in [-0.25, -0.2) is 0 Å². The Morgan fingerprint density at radius 2 is 1.00 bits per heavy atom. The number of carbonyl (C=O) groups excluding carboxylic acids is 2. The van der Waals surface area contributed by atoms with Gasteiger partial charge in [0.2, 0.25) is 0 Å². The third-order valence-corrected chi connectivity index (χ3v) is 10.5. The van der Waals surface area contributed by atoms with E-state index in [0.717, 1.165) is 44.9 Å². The summed E-state index contributed by atoms with van der Waals surface area (Å²) in [7, 11) is 0. The average Bonchev–Trinajstić information content (AvgIpc) is 3.20. The van der Waals surface area contributed by atoms with Crippen molar-refractivity contribution in [3.05, 3.63) is 12.2 Å². The van der Waals surface area contributed by atoms with E-state index < -0.39 is 92.7 Å². The molecule has 2 aliphatic rings. The Morgan fingerprint density at radius 1 is 0.544 bits per heavy atom. The maximum atomic E-state index is 12.8. The molecule has 2 heterocycles. The fourth-order valence-corrected chi connectivity index (χ4v) is 6.80. The molecule has 11 atom stereocenters. The van der Waals surface area contributed by atoms with Crippen LogP contribution in [0.15, 0.2) is 12.2 Å². The van der Waals surface area contributed by atoms with Crippen molar-refractivity contribution in [3.8, 4) is 0 Å². The summed E-state index contributed by atoms with van der Waals surface area (Å²) >= 11 is 0. The SMILES string of the molecule is CCCCCCCCC/C=C\CCCCCCCCCC(=O)OC(COC(=O)CCCCC)COC1OC(COC2OC(CO)C(O)C(O)C2O)C(O)C(O)C1O. The lowest BCUT2D eigenvalue weighted by Gasteiger charge is -2.42. The third-order valence-electron chi connectivity index (χ3n) is 10.5. The van der Waals surface area contributed by atoms with Crippen molar-refractivity contribution < 1.29 is 73.8 Å². The molecule has 2 aliphatic heterocycles. The van der Waals surface area contributed by atoms with Crippen LogP contribution in [-0.4, -0.2) is 142 Å². The van der Waals surface area contributed by atoms with Gasteiger partial charge in [0, 0.05) is 12.8 Å². The highest BCUT2D eigenvalue weighted by atomic mass is 16.7. The van der Waals surface area contributed by atoms with Crippen LogP contribution in [0.5, 0.6) is 0 Å². The van der Waals surface area contributed by atoms with Gasteiger partial charge in [0.25, 0.3) is 0 Å². The molecule has 0 aromatic carbocycles. The molecular weight excluding hydrogens is 744 g/mol. The highest BCUT2D eigenvalue weighted by molar-refractivity contribution is 5.70. The van der Waals surface area contributed by atoms with Gasteiger partial charge in [-0.3, -0.25) is 9.59 Å². The molecule has 0 aromatic heterocycles. The van der Waals surface area contributed by atoms with Gasteiger partial charge in [-0.05, 0) is 38.5 Å². The molecular formula is C42H76O15. The Bertz CT molecular complexity index is 1060. The lowest BCUT2D eigenvalue weighted by molar-refractivity contribution is -0.332. The van der Waals surface area contributed by atoms with Crippen LogP contribution in [0.3, 0.4) is 0 Å². The molecule has 0 spiro atoms. The summed E-state index contributed by atoms with van der Waals surface area (Å²) in [6.07, 6.45) is 9.37. The minimum absolute atomic E-state index is 0.162. The summed E-state index contributed by atoms with van der Waals surface area (Å²) in [6, 6.07) is 0. The van der Waals surface area contributed by atoms with E-state index in [1.165, 1.54) is 64.2 Å². The zero-order chi connectivity index (χ0) is 41.8. The molecule has 0 radical (unpaired) electrons. The second-order valence-corrected chi connectivity index (χ2v) is 15.5. The summed E-state index contributed by atoms with van der Waals surface area (Å²) in [5.74, 6) is -0.956. The first-order valence-electron chi connectivity index (χ1n) is 21.8. The molecule has 0 aliphatic carbocycles. The Hall–Kier alpha value is -1.76. The highest BCUT2D eigenvalue weighted by Crippen LogP contribution is 2.26. The highest BCUT2D eigenvalue weighted by Gasteiger charge is 2.47. The fourth-order valence-electron chi connectivity index (χ4n) is 6.80. The predicted molar refractivity (Wildman–Crippen MR) is 211 cm³/mol. The quantitative estimate of drug-likeness (QED) is 0.0290. The van der Waals surface area contributed by atoms with Gasteiger partial charge in [0.05, 0.1) is 19.8 Å². The summed E-state index contributed by atoms with van der Waals surface area (Å²) in [6.45, 7) is 2.37. The topological polar surface area (TPSA) is 231 Å². The minimum atomic E-state index is -1.76. The fraction of sp³-hybridized carbons (Fsp3) is 0.905. The number of aliphatic hydroxyl groups excluding tert-OH is 7. The van der Waals surface area contributed by atoms with E-state index in [9.17, 15) is 45.3 Å². The van der Waals surface area contributed by atoms with E-state index in [0.29, 0.717) is 12.8 Å². The van der Waals surface area contributed by atoms with E-state index in [2.05, 4.69) is 19.1 Å². The molecule has 2 rings (SSSR count). The van der Waals surface area contributed by atoms with Crippen molar-refractivity contribution in [2.45, 2.75) is 216 Å². The first-order chi connectivity index (χ1) is 27.5. The van der Waals surface area contributed by atoms with Gasteiger partial charge in [0.1, 0.15) is 55.4 Å². The summed E-state index contributed by atoms with van der Waals surface area (Å²) in [5, 5.41) is 71.5. The summed E-state index contributed by atoms with van der Waals surface area (Å²) in [5.41, 5.74) is 0. The van der Waals surface area contributed by atoms with Crippen LogP contribution < -0.4 is 0 Å². The predicted octanol–water partition coefficient (Wildman–Crippen LogP) is 3.87. The van der Waals surface area contributed by atoms with Gasteiger partial charge in [-0.1, -0.05) is 109 Å². The van der Waals surface area contributed by atoms with Gasteiger partial charge in [-0.2, -0.15) is 0 Å². The van der Waals surface area contributed by atoms with Crippen molar-refractivity contribution in [2.24, 2.45) is 0 Å². The van der Waals surface area contributed by atoms with Crippen molar-refractivity contribution >= 4 is 11.9 Å². The molecule has 15 heteroatoms. The number of allylic oxidation sites excluding steroid dienone is 2. The second kappa shape index (κ2) is 31.2. The average molecular weight is 821 g/mol. The first-order valence-corrected chi connectivity index (χ1v) is 21.8. The van der Waals surface area contributed by atoms with Crippen molar-refractivity contribution in [1.82, 2.24) is 0 Å². The third kappa shape index (κ3) is 20.9. The zero-order valence-electron chi connectivity index (χ0n) is 34.6. The molecule has 11 unspecified atom stereocenters. The van der Waals surface area contributed by atoms with Crippen LogP contribution >= 0.6 is 0 Å². The normalized spacial score (nSPS) is 28.4. The smallest absolute Gasteiger partial charge is 0.306 e. The van der Waals surface area contributed by atoms with E-state index in [1.54, 1.807) is 0 Å². The molecule has 0 amide bonds. The second-order valence-electron chi connectivity index (χ2n) is 15.5. The molecule has 7 N–H and O–H groups in total. The van der Waals surface area contributed by atoms with Crippen LogP contribution in [0.4, 0.5) is 0 Å². The Morgan fingerprint density at radius 3 is 1.58 bits per heavy atom. The number of hydrogen-bond donors (Lipinski definition) is 7. The number of hydrogen-bond acceptors (Lipinski definition) is 15. The molecule has 2 fully saturated rings. The van der Waals surface area contributed by atoms with E-state index in [4.69, 9.17) is 28.4 Å². The lowest BCUT2D eigenvalue weighted by Crippen LogP contribution is -2.61. The standard InChI is InChI=1S/C42H76O15/c1-3-5-7-8-9-10-11-12-13-14-15-16-17-18-19-20-21-23-25-34(45)55-30(27-52-33(44)24-22-6-4-2)28-53-41-40(51)38(49)36(47)32(57-41)29-54-42-39(50)37(48)35(46)31(26-43)56-42/h13-14,30-32,35-43,46-51H,3-12,15-29H2,1-2H3/b14-13-. The maximum absolute atomic E-state index is 12.8. The molecule has 15 nitrogen and oxygen atoms in total. The van der Waals surface area contributed by atoms with Crippen LogP contribution in [0.25, 0.3) is 0 Å². The lowest BCUT2D eigenvalue weighted by atomic mass is 9.98. The van der Waals surface area contributed by atoms with E-state index in [1.807, 2.05) is 6.92 Å². The van der Waals surface area contributed by atoms with Crippen molar-refractivity contribution in [3.63, 3.8) is 0 Å². The van der Waals surface area contributed by atoms with Gasteiger partial charge in [0.15, 0.2) is 18.7 Å². The molecule has 0 aromatic rings. The summed E-state index contributed by atoms with van der Waals surface area (Å²) < 4.78 is 33.1. The van der Waals surface area contributed by atoms with E-state index >= 15 is 0 Å². The summed E-state index contributed by atoms with van der Waals surface area (Å²) in [4.78, 5) is 25.1. The number of unbranched alkanes of at least 4 members (excludes halogenated alkanes) is 16. The van der Waals surface area contributed by atoms with Gasteiger partial charge < -0.3 is 64.2 Å². The van der Waals surface area contributed by atoms with Crippen LogP contribution in [0, 0.1) is 0 Å². The van der Waals surface area contributed by atoms with E-state index in [-0.39, 0.29) is 26.1 Å². The largest absolute Gasteiger partial charge is 0.462 e. The van der Waals surface area contributed by atoms with Gasteiger partial charge >= 0.3 is 11.9 Å². The van der Waals surface area contributed by atoms with Crippen LogP contribution in [0.2, 0.25) is 0 Å². The molecule has 57 heavy (non-hydrogen) atoms. The van der Waals surface area contributed by atoms with Gasteiger partial charge in [-0.15, -0.1) is 0 Å². The molecule has 334 valence electrons. The Balaban J connectivity index is 1.76. The maximum Gasteiger partial charge on any atom is 0.306 e. The van der Waals surface area contributed by atoms with Crippen LogP contribution in [-0.2, 0) is 38.0 Å². The monoisotopic (exact) mass is 821 g/mol. The first kappa shape index (κ1) is 51.4. The Kier molecular flexibility index (Phi) is 28.1. The number of rotatable bonds is 32. The molecule has 0 bridgehead atoms. The number of ether oxygens (including phenoxy) is 6. The number of carbonyl (C=O) groups is 2. The van der Waals surface area contributed by atoms with Crippen LogP contribution in [0.1, 0.15) is 149 Å². The molecule has 2 saturated heterocycles. The Labute approximate surface area is 340 Å². The number of aliphatic hydroxyl groups is 7. The van der Waals surface area contributed by atoms with Crippen molar-refractivity contribution in [1.29, 1.82) is 0 Å². The minimum Gasteiger partial charge on any atom is -0.462 e. The number of esters is 2. The zero-order valence-corrected chi connectivity index (χ0v) is 34.6. The molecule has 0 saturated carbocycles. The van der Waals surface area contributed by atoms with Crippen molar-refractivity contribution in [2.75, 3.05) is 26.4 Å².